The summed E-state index contributed by atoms with van der Waals surface area (Å²) in [6.07, 6.45) is 0. The Labute approximate surface area is 589 Å². The van der Waals surface area contributed by atoms with E-state index in [0.717, 1.165) is 73.7 Å². The summed E-state index contributed by atoms with van der Waals surface area (Å²) in [6, 6.07) is 97.6. The van der Waals surface area contributed by atoms with E-state index in [1.165, 1.54) is 127 Å². The number of para-hydroxylation sites is 4. The maximum atomic E-state index is 2.67. The number of aromatic nitrogens is 2. The van der Waals surface area contributed by atoms with Crippen LogP contribution in [0.4, 0.5) is 51.2 Å². The zero-order valence-electron chi connectivity index (χ0n) is 60.1. The lowest BCUT2D eigenvalue weighted by atomic mass is 9.33. The quantitative estimate of drug-likeness (QED) is 0.134. The maximum Gasteiger partial charge on any atom is 0.252 e. The zero-order chi connectivity index (χ0) is 68.9. The molecule has 0 saturated carbocycles. The molecule has 0 N–H and O–H groups in total. The first kappa shape index (κ1) is 62.4. The van der Waals surface area contributed by atoms with Crippen molar-refractivity contribution in [3.05, 3.63) is 310 Å². The summed E-state index contributed by atoms with van der Waals surface area (Å²) < 4.78 is 5.21. The lowest BCUT2D eigenvalue weighted by molar-refractivity contribution is 0.590. The van der Waals surface area contributed by atoms with Gasteiger partial charge in [0.05, 0.1) is 50.5 Å². The summed E-state index contributed by atoms with van der Waals surface area (Å²) in [6.45, 7) is 32.2. The molecule has 0 unspecified atom stereocenters. The van der Waals surface area contributed by atoms with Gasteiger partial charge in [0.25, 0.3) is 6.71 Å². The van der Waals surface area contributed by atoms with Gasteiger partial charge in [0.2, 0.25) is 0 Å². The fourth-order valence-electron chi connectivity index (χ4n) is 17.1. The Kier molecular flexibility index (Phi) is 14.5. The summed E-state index contributed by atoms with van der Waals surface area (Å²) in [5.41, 5.74) is 37.9. The Morgan fingerprint density at radius 2 is 0.580 bits per heavy atom. The van der Waals surface area contributed by atoms with Gasteiger partial charge in [-0.3, -0.25) is 0 Å². The summed E-state index contributed by atoms with van der Waals surface area (Å²) in [5.74, 6) is 0. The highest BCUT2D eigenvalue weighted by atomic mass is 15.2. The highest BCUT2D eigenvalue weighted by Crippen LogP contribution is 2.53. The lowest BCUT2D eigenvalue weighted by Crippen LogP contribution is -2.61. The van der Waals surface area contributed by atoms with Gasteiger partial charge < -0.3 is 23.8 Å². The van der Waals surface area contributed by atoms with Crippen molar-refractivity contribution in [1.29, 1.82) is 0 Å². The van der Waals surface area contributed by atoms with Gasteiger partial charge in [0, 0.05) is 55.7 Å². The Hall–Kier alpha value is -11.1. The minimum Gasteiger partial charge on any atom is -0.310 e. The van der Waals surface area contributed by atoms with Crippen molar-refractivity contribution in [2.75, 3.05) is 14.7 Å². The Balaban J connectivity index is 1.03. The molecular formula is C94H84BN5. The predicted octanol–water partition coefficient (Wildman–Crippen LogP) is 23.8. The largest absolute Gasteiger partial charge is 0.310 e. The van der Waals surface area contributed by atoms with Gasteiger partial charge in [-0.2, -0.15) is 0 Å². The van der Waals surface area contributed by atoms with E-state index in [0.29, 0.717) is 0 Å². The lowest BCUT2D eigenvalue weighted by Gasteiger charge is -2.46. The van der Waals surface area contributed by atoms with Gasteiger partial charge >= 0.3 is 0 Å². The van der Waals surface area contributed by atoms with E-state index in [4.69, 9.17) is 0 Å². The summed E-state index contributed by atoms with van der Waals surface area (Å²) in [7, 11) is 0. The van der Waals surface area contributed by atoms with Crippen LogP contribution < -0.4 is 31.1 Å². The molecule has 0 aliphatic carbocycles. The van der Waals surface area contributed by atoms with Crippen LogP contribution in [0.25, 0.3) is 77.2 Å². The molecule has 0 saturated heterocycles. The van der Waals surface area contributed by atoms with Crippen LogP contribution in [0.2, 0.25) is 0 Å². The highest BCUT2D eigenvalue weighted by molar-refractivity contribution is 7.00. The van der Waals surface area contributed by atoms with Gasteiger partial charge in [0.1, 0.15) is 0 Å². The monoisotopic (exact) mass is 1290 g/mol. The van der Waals surface area contributed by atoms with Gasteiger partial charge in [-0.1, -0.05) is 222 Å². The van der Waals surface area contributed by atoms with Crippen LogP contribution in [-0.4, -0.2) is 15.8 Å². The molecule has 0 amide bonds. The minimum absolute atomic E-state index is 0.156. The number of nitrogens with zero attached hydrogens (tertiary/aromatic N) is 5. The van der Waals surface area contributed by atoms with Crippen molar-refractivity contribution < 1.29 is 0 Å². The van der Waals surface area contributed by atoms with Crippen molar-refractivity contribution in [1.82, 2.24) is 9.13 Å². The number of rotatable bonds is 9. The number of anilines is 9. The Bertz CT molecular complexity index is 5350. The molecule has 0 spiro atoms. The van der Waals surface area contributed by atoms with E-state index < -0.39 is 0 Å². The molecule has 2 aliphatic rings. The topological polar surface area (TPSA) is 19.6 Å². The number of fused-ring (bicyclic) bond motifs is 10. The van der Waals surface area contributed by atoms with Crippen LogP contribution in [0.15, 0.2) is 255 Å². The first-order valence-corrected chi connectivity index (χ1v) is 35.6. The van der Waals surface area contributed by atoms with Gasteiger partial charge in [0.15, 0.2) is 0 Å². The van der Waals surface area contributed by atoms with Gasteiger partial charge in [-0.25, -0.2) is 0 Å². The molecule has 0 bridgehead atoms. The minimum atomic E-state index is -0.184. The number of hydrogen-bond acceptors (Lipinski definition) is 3. The molecule has 100 heavy (non-hydrogen) atoms. The normalized spacial score (nSPS) is 12.8. The number of benzene rings is 13. The molecule has 0 fully saturated rings. The van der Waals surface area contributed by atoms with Crippen molar-refractivity contribution in [2.45, 2.75) is 108 Å². The SMILES string of the molecule is Cc1cc(C)c2c(c1)c1cc(C)cc(C)c1n2-c1ccccc1N1c2ccc(C(C)(C)C)cc2B2c3cc(C(C)(C)C)ccc3N(c3ccccc3-n3c4c(C)cc(C)cc4c4cc(C)cc(C)c43)c3cc(N(c4ccc(-c5ccccc5)cc4)c4ccc(-c5ccccc5)cc4)cc1c32. The zero-order valence-corrected chi connectivity index (χ0v) is 60.1. The van der Waals surface area contributed by atoms with E-state index in [1.54, 1.807) is 0 Å². The molecule has 13 aromatic carbocycles. The standard InChI is InChI=1S/C94H84BN5/c1-57-45-61(5)89-74(49-57)75-50-58(2)46-62(6)90(75)99(89)84-31-23-21-29-82(84)97-80-43-37-69(93(9,10)11)53-78(80)95-79-54-70(94(12,13)14)38-44-81(79)98(83-30-22-24-32-85(83)100-91-63(7)47-59(3)51-76(91)77-52-60(4)48-64(8)92(77)100)87-56-73(55-86(97)88(87)95)96(71-39-33-67(34-40-71)65-25-17-15-18-26-65)72-41-35-68(36-42-72)66-27-19-16-20-28-66/h15-56H,1-14H3. The average molecular weight is 1290 g/mol. The molecule has 488 valence electrons. The fourth-order valence-corrected chi connectivity index (χ4v) is 17.1. The molecule has 5 nitrogen and oxygen atoms in total. The number of hydrogen-bond donors (Lipinski definition) is 0. The molecule has 0 atom stereocenters. The highest BCUT2D eigenvalue weighted by Gasteiger charge is 2.46. The molecule has 0 radical (unpaired) electrons. The van der Waals surface area contributed by atoms with Crippen molar-refractivity contribution >= 4 is 118 Å². The van der Waals surface area contributed by atoms with E-state index in [9.17, 15) is 0 Å². The summed E-state index contributed by atoms with van der Waals surface area (Å²) >= 11 is 0. The maximum absolute atomic E-state index is 2.67. The van der Waals surface area contributed by atoms with E-state index in [2.05, 4.69) is 376 Å². The van der Waals surface area contributed by atoms with E-state index >= 15 is 0 Å². The van der Waals surface area contributed by atoms with Gasteiger partial charge in [-0.05, 0) is 235 Å². The van der Waals surface area contributed by atoms with Crippen LogP contribution in [0.1, 0.15) is 97.2 Å². The molecule has 4 heterocycles. The second-order valence-corrected chi connectivity index (χ2v) is 30.8. The molecule has 15 aromatic rings. The summed E-state index contributed by atoms with van der Waals surface area (Å²) in [4.78, 5) is 7.85. The van der Waals surface area contributed by atoms with E-state index in [-0.39, 0.29) is 17.5 Å². The molecule has 2 aliphatic heterocycles. The third-order valence-electron chi connectivity index (χ3n) is 21.5. The Morgan fingerprint density at radius 3 is 0.910 bits per heavy atom. The van der Waals surface area contributed by atoms with Crippen molar-refractivity contribution in [2.24, 2.45) is 0 Å². The number of aryl methyl sites for hydroxylation is 8. The molecular weight excluding hydrogens is 1210 g/mol. The Morgan fingerprint density at radius 1 is 0.270 bits per heavy atom. The van der Waals surface area contributed by atoms with Crippen LogP contribution in [-0.2, 0) is 10.8 Å². The van der Waals surface area contributed by atoms with Crippen LogP contribution in [0, 0.1) is 55.4 Å². The van der Waals surface area contributed by atoms with Crippen LogP contribution >= 0.6 is 0 Å². The third-order valence-corrected chi connectivity index (χ3v) is 21.5. The van der Waals surface area contributed by atoms with Gasteiger partial charge in [-0.15, -0.1) is 0 Å². The van der Waals surface area contributed by atoms with Crippen LogP contribution in [0.3, 0.4) is 0 Å². The van der Waals surface area contributed by atoms with Crippen molar-refractivity contribution in [3.63, 3.8) is 0 Å². The second-order valence-electron chi connectivity index (χ2n) is 30.8. The van der Waals surface area contributed by atoms with Crippen LogP contribution in [0.5, 0.6) is 0 Å². The molecule has 6 heteroatoms. The average Bonchev–Trinajstić information content (AvgIpc) is 0.695. The van der Waals surface area contributed by atoms with Crippen molar-refractivity contribution in [3.8, 4) is 33.6 Å². The third kappa shape index (κ3) is 10.0. The smallest absolute Gasteiger partial charge is 0.252 e. The summed E-state index contributed by atoms with van der Waals surface area (Å²) in [5, 5.41) is 5.09. The molecule has 2 aromatic heterocycles. The predicted molar refractivity (Wildman–Crippen MR) is 430 cm³/mol. The first-order valence-electron chi connectivity index (χ1n) is 35.6. The first-order chi connectivity index (χ1) is 48.2. The molecule has 17 rings (SSSR count). The fraction of sp³-hybridized carbons (Fsp3) is 0.170. The second kappa shape index (κ2) is 23.3. The van der Waals surface area contributed by atoms with E-state index in [1.807, 2.05) is 0 Å².